The maximum Gasteiger partial charge on any atom is 0.224 e. The second-order valence-electron chi connectivity index (χ2n) is 4.12. The number of piperidine rings is 1. The van der Waals surface area contributed by atoms with Crippen LogP contribution in [0.5, 0.6) is 0 Å². The van der Waals surface area contributed by atoms with Crippen LogP contribution in [0.25, 0.3) is 0 Å². The van der Waals surface area contributed by atoms with Crippen LogP contribution in [-0.4, -0.2) is 23.7 Å². The van der Waals surface area contributed by atoms with Crippen LogP contribution in [0.15, 0.2) is 0 Å². The fourth-order valence-electron chi connectivity index (χ4n) is 2.45. The van der Waals surface area contributed by atoms with E-state index in [0.29, 0.717) is 5.92 Å². The van der Waals surface area contributed by atoms with E-state index in [0.717, 1.165) is 0 Å². The molecule has 1 heterocycles. The van der Waals surface area contributed by atoms with Gasteiger partial charge in [-0.15, -0.1) is 0 Å². The fraction of sp³-hybridized carbons (Fsp3) is 0.875. The zero-order valence-electron chi connectivity index (χ0n) is 6.79. The quantitative estimate of drug-likeness (QED) is 0.548. The van der Waals surface area contributed by atoms with Gasteiger partial charge in [-0.2, -0.15) is 0 Å². The predicted octanol–water partition coefficient (Wildman–Crippen LogP) is -0.251. The first-order valence-electron chi connectivity index (χ1n) is 4.00. The van der Waals surface area contributed by atoms with Crippen LogP contribution >= 0.6 is 0 Å². The van der Waals surface area contributed by atoms with Crippen molar-refractivity contribution >= 4 is 5.91 Å². The van der Waals surface area contributed by atoms with Crippen molar-refractivity contribution in [2.45, 2.75) is 19.9 Å². The molecule has 2 fully saturated rings. The summed E-state index contributed by atoms with van der Waals surface area (Å²) >= 11 is 0. The number of hydrogen-bond donors (Lipinski definition) is 2. The molecule has 1 saturated heterocycles. The fourth-order valence-corrected chi connectivity index (χ4v) is 2.45. The molecule has 3 nitrogen and oxygen atoms in total. The molecule has 62 valence electrons. The maximum absolute atomic E-state index is 11.2. The van der Waals surface area contributed by atoms with Gasteiger partial charge >= 0.3 is 0 Å². The number of fused-ring (bicyclic) bond motifs is 1. The first-order valence-corrected chi connectivity index (χ1v) is 4.00. The summed E-state index contributed by atoms with van der Waals surface area (Å²) in [6.45, 7) is 4.25. The van der Waals surface area contributed by atoms with Gasteiger partial charge in [0, 0.05) is 5.92 Å². The normalized spacial score (nSPS) is 45.0. The van der Waals surface area contributed by atoms with Crippen molar-refractivity contribution in [3.8, 4) is 0 Å². The van der Waals surface area contributed by atoms with Gasteiger partial charge in [-0.1, -0.05) is 13.8 Å². The largest absolute Gasteiger partial charge is 0.394 e. The standard InChI is InChI=1S/C8H13NO2/c1-8(2)5-4(3-10)9-7(11)6(5)8/h4-6,10H,3H2,1-2H3,(H,9,11)/t4-,5?,6?/m1/s1. The summed E-state index contributed by atoms with van der Waals surface area (Å²) in [5.41, 5.74) is 0.135. The lowest BCUT2D eigenvalue weighted by Crippen LogP contribution is -2.36. The SMILES string of the molecule is CC1(C)C2C(=O)N[C@H](CO)C21. The number of carbonyl (C=O) groups excluding carboxylic acids is 1. The maximum atomic E-state index is 11.2. The highest BCUT2D eigenvalue weighted by atomic mass is 16.3. The molecule has 1 amide bonds. The monoisotopic (exact) mass is 155 g/mol. The summed E-state index contributed by atoms with van der Waals surface area (Å²) in [4.78, 5) is 11.2. The molecule has 3 atom stereocenters. The van der Waals surface area contributed by atoms with Gasteiger partial charge in [0.15, 0.2) is 0 Å². The second kappa shape index (κ2) is 1.78. The Kier molecular flexibility index (Phi) is 1.15. The Morgan fingerprint density at radius 1 is 1.64 bits per heavy atom. The van der Waals surface area contributed by atoms with Crippen LogP contribution in [0.2, 0.25) is 0 Å². The molecule has 3 heteroatoms. The second-order valence-corrected chi connectivity index (χ2v) is 4.12. The molecule has 1 saturated carbocycles. The Hall–Kier alpha value is -0.570. The van der Waals surface area contributed by atoms with Crippen molar-refractivity contribution in [3.63, 3.8) is 0 Å². The Morgan fingerprint density at radius 2 is 2.27 bits per heavy atom. The van der Waals surface area contributed by atoms with E-state index >= 15 is 0 Å². The van der Waals surface area contributed by atoms with Crippen LogP contribution in [0.1, 0.15) is 13.8 Å². The van der Waals surface area contributed by atoms with Gasteiger partial charge in [0.2, 0.25) is 5.91 Å². The summed E-state index contributed by atoms with van der Waals surface area (Å²) < 4.78 is 0. The Balaban J connectivity index is 2.19. The minimum atomic E-state index is 0.0162. The molecule has 2 aliphatic rings. The van der Waals surface area contributed by atoms with Crippen molar-refractivity contribution in [1.82, 2.24) is 5.32 Å². The van der Waals surface area contributed by atoms with Gasteiger partial charge in [0.05, 0.1) is 12.6 Å². The van der Waals surface area contributed by atoms with Gasteiger partial charge in [-0.05, 0) is 11.3 Å². The highest BCUT2D eigenvalue weighted by Crippen LogP contribution is 2.62. The number of amides is 1. The number of carbonyl (C=O) groups is 1. The topological polar surface area (TPSA) is 49.3 Å². The van der Waals surface area contributed by atoms with Gasteiger partial charge in [0.1, 0.15) is 0 Å². The molecule has 0 spiro atoms. The van der Waals surface area contributed by atoms with E-state index in [1.165, 1.54) is 0 Å². The van der Waals surface area contributed by atoms with Gasteiger partial charge in [0.25, 0.3) is 0 Å². The van der Waals surface area contributed by atoms with E-state index in [9.17, 15) is 4.79 Å². The van der Waals surface area contributed by atoms with E-state index in [2.05, 4.69) is 19.2 Å². The lowest BCUT2D eigenvalue weighted by Gasteiger charge is -2.15. The van der Waals surface area contributed by atoms with Crippen molar-refractivity contribution in [2.24, 2.45) is 17.3 Å². The van der Waals surface area contributed by atoms with Crippen LogP contribution in [0, 0.1) is 17.3 Å². The van der Waals surface area contributed by atoms with Gasteiger partial charge in [-0.3, -0.25) is 4.79 Å². The van der Waals surface area contributed by atoms with Crippen LogP contribution in [-0.2, 0) is 4.79 Å². The molecule has 1 aliphatic heterocycles. The average Bonchev–Trinajstić information content (AvgIpc) is 2.37. The number of nitrogens with one attached hydrogen (secondary N) is 1. The molecule has 1 aliphatic carbocycles. The highest BCUT2D eigenvalue weighted by Gasteiger charge is 2.68. The van der Waals surface area contributed by atoms with Crippen LogP contribution < -0.4 is 5.32 Å². The molecule has 2 rings (SSSR count). The molecular weight excluding hydrogens is 142 g/mol. The molecule has 0 aromatic rings. The minimum Gasteiger partial charge on any atom is -0.394 e. The lowest BCUT2D eigenvalue weighted by atomic mass is 10.0. The summed E-state index contributed by atoms with van der Waals surface area (Å²) in [5, 5.41) is 11.7. The summed E-state index contributed by atoms with van der Waals surface area (Å²) in [6, 6.07) is 0.0162. The molecule has 11 heavy (non-hydrogen) atoms. The molecule has 0 radical (unpaired) electrons. The number of rotatable bonds is 1. The van der Waals surface area contributed by atoms with E-state index in [1.54, 1.807) is 0 Å². The summed E-state index contributed by atoms with van der Waals surface area (Å²) in [5.74, 6) is 0.665. The van der Waals surface area contributed by atoms with Crippen LogP contribution in [0.3, 0.4) is 0 Å². The lowest BCUT2D eigenvalue weighted by molar-refractivity contribution is -0.122. The number of hydrogen-bond acceptors (Lipinski definition) is 2. The third kappa shape index (κ3) is 0.692. The van der Waals surface area contributed by atoms with E-state index in [1.807, 2.05) is 0 Å². The van der Waals surface area contributed by atoms with Gasteiger partial charge in [-0.25, -0.2) is 0 Å². The number of aliphatic hydroxyl groups excluding tert-OH is 1. The van der Waals surface area contributed by atoms with Gasteiger partial charge < -0.3 is 10.4 Å². The number of aliphatic hydroxyl groups is 1. The summed E-state index contributed by atoms with van der Waals surface area (Å²) in [7, 11) is 0. The molecular formula is C8H13NO2. The average molecular weight is 155 g/mol. The first kappa shape index (κ1) is 7.10. The smallest absolute Gasteiger partial charge is 0.224 e. The van der Waals surface area contributed by atoms with Crippen molar-refractivity contribution in [1.29, 1.82) is 0 Å². The first-order chi connectivity index (χ1) is 5.09. The molecule has 2 unspecified atom stereocenters. The van der Waals surface area contributed by atoms with E-state index in [4.69, 9.17) is 5.11 Å². The third-order valence-corrected chi connectivity index (χ3v) is 3.15. The third-order valence-electron chi connectivity index (χ3n) is 3.15. The Bertz CT molecular complexity index is 212. The van der Waals surface area contributed by atoms with E-state index < -0.39 is 0 Å². The van der Waals surface area contributed by atoms with Crippen molar-refractivity contribution in [2.75, 3.05) is 6.61 Å². The van der Waals surface area contributed by atoms with Crippen molar-refractivity contribution in [3.05, 3.63) is 0 Å². The predicted molar refractivity (Wildman–Crippen MR) is 39.8 cm³/mol. The molecule has 2 N–H and O–H groups in total. The molecule has 0 aromatic carbocycles. The highest BCUT2D eigenvalue weighted by molar-refractivity contribution is 5.86. The van der Waals surface area contributed by atoms with E-state index in [-0.39, 0.29) is 29.9 Å². The zero-order valence-corrected chi connectivity index (χ0v) is 6.79. The Labute approximate surface area is 65.8 Å². The van der Waals surface area contributed by atoms with Crippen LogP contribution in [0.4, 0.5) is 0 Å². The minimum absolute atomic E-state index is 0.0162. The summed E-state index contributed by atoms with van der Waals surface area (Å²) in [6.07, 6.45) is 0. The molecule has 0 bridgehead atoms. The Morgan fingerprint density at radius 3 is 2.55 bits per heavy atom. The van der Waals surface area contributed by atoms with Crippen molar-refractivity contribution < 1.29 is 9.90 Å². The zero-order chi connectivity index (χ0) is 8.22. The molecule has 0 aromatic heterocycles.